The van der Waals surface area contributed by atoms with Crippen molar-refractivity contribution >= 4 is 5.91 Å². The van der Waals surface area contributed by atoms with E-state index < -0.39 is 0 Å². The van der Waals surface area contributed by atoms with Crippen molar-refractivity contribution in [2.75, 3.05) is 19.6 Å². The molecule has 2 aliphatic carbocycles. The zero-order chi connectivity index (χ0) is 15.7. The summed E-state index contributed by atoms with van der Waals surface area (Å²) >= 11 is 0. The second kappa shape index (κ2) is 6.51. The molecule has 0 aromatic rings. The molecular weight excluding hydrogens is 272 g/mol. The van der Waals surface area contributed by atoms with Gasteiger partial charge in [0, 0.05) is 32.1 Å². The van der Waals surface area contributed by atoms with Crippen LogP contribution < -0.4 is 5.32 Å². The fourth-order valence-electron chi connectivity index (χ4n) is 5.03. The minimum atomic E-state index is 0.299. The van der Waals surface area contributed by atoms with Gasteiger partial charge in [0.2, 0.25) is 5.91 Å². The molecule has 0 aromatic heterocycles. The Morgan fingerprint density at radius 2 is 1.95 bits per heavy atom. The van der Waals surface area contributed by atoms with Crippen molar-refractivity contribution in [3.63, 3.8) is 0 Å². The summed E-state index contributed by atoms with van der Waals surface area (Å²) in [5, 5.41) is 3.31. The molecule has 3 atom stereocenters. The lowest BCUT2D eigenvalue weighted by Gasteiger charge is -2.38. The minimum Gasteiger partial charge on any atom is -0.352 e. The molecule has 1 heterocycles. The molecule has 0 radical (unpaired) electrons. The van der Waals surface area contributed by atoms with Crippen molar-refractivity contribution in [1.29, 1.82) is 0 Å². The van der Waals surface area contributed by atoms with Crippen LogP contribution >= 0.6 is 0 Å². The summed E-state index contributed by atoms with van der Waals surface area (Å²) in [6, 6.07) is 0.403. The zero-order valence-corrected chi connectivity index (χ0v) is 14.7. The average molecular weight is 306 g/mol. The van der Waals surface area contributed by atoms with Crippen LogP contribution in [0.3, 0.4) is 0 Å². The van der Waals surface area contributed by atoms with E-state index in [1.54, 1.807) is 0 Å². The third-order valence-electron chi connectivity index (χ3n) is 5.80. The van der Waals surface area contributed by atoms with Crippen LogP contribution in [0.1, 0.15) is 65.7 Å². The normalized spacial score (nSPS) is 35.5. The summed E-state index contributed by atoms with van der Waals surface area (Å²) in [6.07, 6.45) is 8.48. The largest absolute Gasteiger partial charge is 0.352 e. The predicted molar refractivity (Wildman–Crippen MR) is 90.6 cm³/mol. The molecule has 1 aliphatic heterocycles. The SMILES string of the molecule is CC1CC(CC(=O)NC2CCN(CC3CC3)C2)CC(C)(C)C1. The van der Waals surface area contributed by atoms with Crippen LogP contribution in [-0.4, -0.2) is 36.5 Å². The van der Waals surface area contributed by atoms with Crippen molar-refractivity contribution in [2.24, 2.45) is 23.2 Å². The molecule has 3 heteroatoms. The van der Waals surface area contributed by atoms with Crippen LogP contribution in [0.15, 0.2) is 0 Å². The van der Waals surface area contributed by atoms with Gasteiger partial charge in [0.1, 0.15) is 0 Å². The smallest absolute Gasteiger partial charge is 0.220 e. The van der Waals surface area contributed by atoms with E-state index in [-0.39, 0.29) is 0 Å². The summed E-state index contributed by atoms with van der Waals surface area (Å²) in [7, 11) is 0. The molecule has 1 N–H and O–H groups in total. The summed E-state index contributed by atoms with van der Waals surface area (Å²) < 4.78 is 0. The number of likely N-dealkylation sites (tertiary alicyclic amines) is 1. The summed E-state index contributed by atoms with van der Waals surface area (Å²) in [5.74, 6) is 2.61. The molecule has 3 unspecified atom stereocenters. The van der Waals surface area contributed by atoms with Gasteiger partial charge >= 0.3 is 0 Å². The quantitative estimate of drug-likeness (QED) is 0.844. The number of carbonyl (C=O) groups is 1. The van der Waals surface area contributed by atoms with Gasteiger partial charge in [-0.25, -0.2) is 0 Å². The molecule has 1 amide bonds. The van der Waals surface area contributed by atoms with E-state index >= 15 is 0 Å². The highest BCUT2D eigenvalue weighted by Crippen LogP contribution is 2.42. The number of carbonyl (C=O) groups excluding carboxylic acids is 1. The van der Waals surface area contributed by atoms with Crippen LogP contribution in [0.2, 0.25) is 0 Å². The van der Waals surface area contributed by atoms with E-state index in [2.05, 4.69) is 31.0 Å². The maximum Gasteiger partial charge on any atom is 0.220 e. The third-order valence-corrected chi connectivity index (χ3v) is 5.80. The third kappa shape index (κ3) is 4.71. The first-order valence-corrected chi connectivity index (χ1v) is 9.41. The molecule has 2 saturated carbocycles. The zero-order valence-electron chi connectivity index (χ0n) is 14.7. The fraction of sp³-hybridized carbons (Fsp3) is 0.947. The standard InChI is InChI=1S/C19H34N2O/c1-14-8-16(11-19(2,3)10-14)9-18(22)20-17-6-7-21(13-17)12-15-4-5-15/h14-17H,4-13H2,1-3H3,(H,20,22). The van der Waals surface area contributed by atoms with Gasteiger partial charge in [0.15, 0.2) is 0 Å². The molecule has 3 rings (SSSR count). The van der Waals surface area contributed by atoms with E-state index in [0.29, 0.717) is 23.3 Å². The Morgan fingerprint density at radius 1 is 1.18 bits per heavy atom. The molecule has 0 bridgehead atoms. The molecule has 3 fully saturated rings. The lowest BCUT2D eigenvalue weighted by Crippen LogP contribution is -2.39. The number of nitrogens with zero attached hydrogens (tertiary/aromatic N) is 1. The highest BCUT2D eigenvalue weighted by Gasteiger charge is 2.34. The van der Waals surface area contributed by atoms with Gasteiger partial charge in [-0.15, -0.1) is 0 Å². The first-order valence-electron chi connectivity index (χ1n) is 9.41. The number of hydrogen-bond donors (Lipinski definition) is 1. The van der Waals surface area contributed by atoms with Gasteiger partial charge in [-0.05, 0) is 61.7 Å². The summed E-state index contributed by atoms with van der Waals surface area (Å²) in [4.78, 5) is 14.9. The minimum absolute atomic E-state index is 0.299. The lowest BCUT2D eigenvalue weighted by atomic mass is 9.67. The van der Waals surface area contributed by atoms with Crippen molar-refractivity contribution in [3.8, 4) is 0 Å². The average Bonchev–Trinajstić information content (AvgIpc) is 3.06. The Hall–Kier alpha value is -0.570. The van der Waals surface area contributed by atoms with Crippen molar-refractivity contribution in [1.82, 2.24) is 10.2 Å². The Labute approximate surface area is 136 Å². The molecule has 0 spiro atoms. The van der Waals surface area contributed by atoms with Crippen LogP contribution in [0.5, 0.6) is 0 Å². The summed E-state index contributed by atoms with van der Waals surface area (Å²) in [6.45, 7) is 10.6. The van der Waals surface area contributed by atoms with Gasteiger partial charge in [0.25, 0.3) is 0 Å². The number of nitrogens with one attached hydrogen (secondary N) is 1. The van der Waals surface area contributed by atoms with Gasteiger partial charge in [-0.2, -0.15) is 0 Å². The van der Waals surface area contributed by atoms with Gasteiger partial charge in [0.05, 0.1) is 0 Å². The lowest BCUT2D eigenvalue weighted by molar-refractivity contribution is -0.123. The van der Waals surface area contributed by atoms with Crippen LogP contribution in [0, 0.1) is 23.2 Å². The van der Waals surface area contributed by atoms with Crippen LogP contribution in [-0.2, 0) is 4.79 Å². The van der Waals surface area contributed by atoms with E-state index in [0.717, 1.165) is 31.2 Å². The Bertz CT molecular complexity index is 402. The predicted octanol–water partition coefficient (Wildman–Crippen LogP) is 3.44. The Morgan fingerprint density at radius 3 is 2.64 bits per heavy atom. The number of rotatable bonds is 5. The topological polar surface area (TPSA) is 32.3 Å². The first kappa shape index (κ1) is 16.3. The second-order valence-electron chi connectivity index (χ2n) is 9.24. The molecule has 126 valence electrons. The van der Waals surface area contributed by atoms with E-state index in [4.69, 9.17) is 0 Å². The first-order chi connectivity index (χ1) is 10.4. The van der Waals surface area contributed by atoms with Crippen LogP contribution in [0.4, 0.5) is 0 Å². The molecular formula is C19H34N2O. The fourth-order valence-corrected chi connectivity index (χ4v) is 5.03. The van der Waals surface area contributed by atoms with E-state index in [1.165, 1.54) is 45.2 Å². The van der Waals surface area contributed by atoms with E-state index in [1.807, 2.05) is 0 Å². The molecule has 22 heavy (non-hydrogen) atoms. The van der Waals surface area contributed by atoms with Gasteiger partial charge in [-0.3, -0.25) is 4.79 Å². The maximum atomic E-state index is 12.4. The molecule has 3 nitrogen and oxygen atoms in total. The number of hydrogen-bond acceptors (Lipinski definition) is 2. The van der Waals surface area contributed by atoms with Gasteiger partial charge in [-0.1, -0.05) is 20.8 Å². The monoisotopic (exact) mass is 306 g/mol. The Kier molecular flexibility index (Phi) is 4.82. The molecule has 1 saturated heterocycles. The molecule has 0 aromatic carbocycles. The van der Waals surface area contributed by atoms with Crippen molar-refractivity contribution in [2.45, 2.75) is 71.8 Å². The highest BCUT2D eigenvalue weighted by molar-refractivity contribution is 5.76. The number of amides is 1. The second-order valence-corrected chi connectivity index (χ2v) is 9.24. The highest BCUT2D eigenvalue weighted by atomic mass is 16.1. The maximum absolute atomic E-state index is 12.4. The summed E-state index contributed by atoms with van der Waals surface area (Å²) in [5.41, 5.74) is 0.414. The van der Waals surface area contributed by atoms with E-state index in [9.17, 15) is 4.79 Å². The van der Waals surface area contributed by atoms with Crippen molar-refractivity contribution in [3.05, 3.63) is 0 Å². The molecule has 3 aliphatic rings. The van der Waals surface area contributed by atoms with Crippen molar-refractivity contribution < 1.29 is 4.79 Å². The van der Waals surface area contributed by atoms with Gasteiger partial charge < -0.3 is 10.2 Å². The van der Waals surface area contributed by atoms with Crippen LogP contribution in [0.25, 0.3) is 0 Å². The Balaban J connectivity index is 1.40.